The van der Waals surface area contributed by atoms with Crippen molar-refractivity contribution in [3.63, 3.8) is 0 Å². The molecule has 2 heterocycles. The van der Waals surface area contributed by atoms with Gasteiger partial charge in [-0.05, 0) is 37.1 Å². The Labute approximate surface area is 185 Å². The van der Waals surface area contributed by atoms with Crippen LogP contribution in [0.15, 0.2) is 65.6 Å². The number of rotatable bonds is 8. The summed E-state index contributed by atoms with van der Waals surface area (Å²) in [5, 5.41) is 7.67. The van der Waals surface area contributed by atoms with E-state index in [1.807, 2.05) is 54.6 Å². The van der Waals surface area contributed by atoms with Crippen molar-refractivity contribution in [3.05, 3.63) is 82.5 Å². The maximum atomic E-state index is 13.0. The first-order valence-electron chi connectivity index (χ1n) is 10.5. The Morgan fingerprint density at radius 1 is 1.09 bits per heavy atom. The fourth-order valence-corrected chi connectivity index (χ4v) is 3.68. The van der Waals surface area contributed by atoms with Gasteiger partial charge in [-0.15, -0.1) is 0 Å². The number of aryl methyl sites for hydroxylation is 1. The van der Waals surface area contributed by atoms with E-state index < -0.39 is 0 Å². The Kier molecular flexibility index (Phi) is 6.30. The highest BCUT2D eigenvalue weighted by atomic mass is 16.5. The zero-order valence-electron chi connectivity index (χ0n) is 18.1. The minimum atomic E-state index is -0.198. The van der Waals surface area contributed by atoms with Gasteiger partial charge in [0.15, 0.2) is 5.65 Å². The number of hydrogen-bond donors (Lipinski definition) is 1. The van der Waals surface area contributed by atoms with E-state index >= 15 is 0 Å². The minimum absolute atomic E-state index is 0.119. The standard InChI is InChI=1S/C24H25N5O3/c1-17-27-23-20(16-26-29(23)19-9-4-3-5-10-19)24(31)28(17)15-13-22(30)25-14-12-18-8-6-7-11-21(18)32-2/h3-11,16H,12-15H2,1-2H3,(H,25,30). The smallest absolute Gasteiger partial charge is 0.264 e. The lowest BCUT2D eigenvalue weighted by molar-refractivity contribution is -0.121. The lowest BCUT2D eigenvalue weighted by Crippen LogP contribution is -2.30. The summed E-state index contributed by atoms with van der Waals surface area (Å²) in [7, 11) is 1.63. The lowest BCUT2D eigenvalue weighted by atomic mass is 10.1. The molecule has 0 unspecified atom stereocenters. The molecule has 0 saturated carbocycles. The molecule has 0 aliphatic carbocycles. The highest BCUT2D eigenvalue weighted by Crippen LogP contribution is 2.17. The molecule has 0 radical (unpaired) electrons. The summed E-state index contributed by atoms with van der Waals surface area (Å²) in [5.74, 6) is 1.23. The van der Waals surface area contributed by atoms with E-state index in [9.17, 15) is 9.59 Å². The number of hydrogen-bond acceptors (Lipinski definition) is 5. The zero-order chi connectivity index (χ0) is 22.5. The van der Waals surface area contributed by atoms with Crippen LogP contribution in [-0.4, -0.2) is 38.9 Å². The van der Waals surface area contributed by atoms with Gasteiger partial charge in [0.05, 0.1) is 19.0 Å². The second kappa shape index (κ2) is 9.47. The molecule has 0 aliphatic rings. The first kappa shape index (κ1) is 21.3. The minimum Gasteiger partial charge on any atom is -0.496 e. The second-order valence-electron chi connectivity index (χ2n) is 7.41. The number of aromatic nitrogens is 4. The topological polar surface area (TPSA) is 91.0 Å². The number of methoxy groups -OCH3 is 1. The maximum Gasteiger partial charge on any atom is 0.264 e. The molecule has 164 valence electrons. The number of fused-ring (bicyclic) bond motifs is 1. The van der Waals surface area contributed by atoms with Crippen LogP contribution in [0.5, 0.6) is 5.75 Å². The second-order valence-corrected chi connectivity index (χ2v) is 7.41. The average molecular weight is 431 g/mol. The molecule has 1 N–H and O–H groups in total. The molecule has 4 rings (SSSR count). The number of carbonyl (C=O) groups excluding carboxylic acids is 1. The number of amides is 1. The van der Waals surface area contributed by atoms with Crippen molar-refractivity contribution in [3.8, 4) is 11.4 Å². The lowest BCUT2D eigenvalue weighted by Gasteiger charge is -2.11. The third-order valence-electron chi connectivity index (χ3n) is 5.35. The van der Waals surface area contributed by atoms with Crippen LogP contribution in [0.3, 0.4) is 0 Å². The van der Waals surface area contributed by atoms with Crippen molar-refractivity contribution in [1.29, 1.82) is 0 Å². The Morgan fingerprint density at radius 3 is 2.62 bits per heavy atom. The summed E-state index contributed by atoms with van der Waals surface area (Å²) in [6.45, 7) is 2.52. The van der Waals surface area contributed by atoms with Gasteiger partial charge in [-0.1, -0.05) is 36.4 Å². The molecule has 0 atom stereocenters. The molecule has 32 heavy (non-hydrogen) atoms. The Morgan fingerprint density at radius 2 is 1.84 bits per heavy atom. The van der Waals surface area contributed by atoms with Crippen molar-refractivity contribution in [2.45, 2.75) is 26.3 Å². The monoisotopic (exact) mass is 431 g/mol. The quantitative estimate of drug-likeness (QED) is 0.463. The molecule has 8 nitrogen and oxygen atoms in total. The van der Waals surface area contributed by atoms with Gasteiger partial charge in [0.2, 0.25) is 5.91 Å². The normalized spacial score (nSPS) is 10.9. The fourth-order valence-electron chi connectivity index (χ4n) is 3.68. The van der Waals surface area contributed by atoms with Crippen LogP contribution < -0.4 is 15.6 Å². The molecular formula is C24H25N5O3. The van der Waals surface area contributed by atoms with Crippen LogP contribution in [0.2, 0.25) is 0 Å². The summed E-state index contributed by atoms with van der Waals surface area (Å²) in [6.07, 6.45) is 2.38. The third kappa shape index (κ3) is 4.39. The number of nitrogens with zero attached hydrogens (tertiary/aromatic N) is 4. The SMILES string of the molecule is COc1ccccc1CCNC(=O)CCn1c(C)nc2c(cnn2-c2ccccc2)c1=O. The first-order valence-corrected chi connectivity index (χ1v) is 10.5. The van der Waals surface area contributed by atoms with Crippen LogP contribution in [0, 0.1) is 6.92 Å². The third-order valence-corrected chi connectivity index (χ3v) is 5.35. The van der Waals surface area contributed by atoms with Crippen LogP contribution in [0.4, 0.5) is 0 Å². The van der Waals surface area contributed by atoms with Crippen molar-refractivity contribution in [2.75, 3.05) is 13.7 Å². The zero-order valence-corrected chi connectivity index (χ0v) is 18.1. The van der Waals surface area contributed by atoms with Crippen molar-refractivity contribution in [2.24, 2.45) is 0 Å². The molecule has 8 heteroatoms. The van der Waals surface area contributed by atoms with Gasteiger partial charge >= 0.3 is 0 Å². The maximum absolute atomic E-state index is 13.0. The fraction of sp³-hybridized carbons (Fsp3) is 0.250. The van der Waals surface area contributed by atoms with Crippen molar-refractivity contribution in [1.82, 2.24) is 24.6 Å². The van der Waals surface area contributed by atoms with E-state index in [0.29, 0.717) is 29.8 Å². The Balaban J connectivity index is 1.42. The summed E-state index contributed by atoms with van der Waals surface area (Å²) in [5.41, 5.74) is 2.18. The number of carbonyl (C=O) groups is 1. The molecule has 0 fully saturated rings. The van der Waals surface area contributed by atoms with Crippen molar-refractivity contribution >= 4 is 16.9 Å². The predicted molar refractivity (Wildman–Crippen MR) is 122 cm³/mol. The molecule has 0 bridgehead atoms. The number of benzene rings is 2. The van der Waals surface area contributed by atoms with Gasteiger partial charge in [-0.3, -0.25) is 14.2 Å². The predicted octanol–water partition coefficient (Wildman–Crippen LogP) is 2.65. The van der Waals surface area contributed by atoms with E-state index in [1.165, 1.54) is 10.8 Å². The van der Waals surface area contributed by atoms with Crippen molar-refractivity contribution < 1.29 is 9.53 Å². The Hall–Kier alpha value is -3.94. The highest BCUT2D eigenvalue weighted by Gasteiger charge is 2.15. The molecular weight excluding hydrogens is 406 g/mol. The van der Waals surface area contributed by atoms with Crippen LogP contribution in [-0.2, 0) is 17.8 Å². The van der Waals surface area contributed by atoms with E-state index in [2.05, 4.69) is 15.4 Å². The molecule has 1 amide bonds. The number of nitrogens with one attached hydrogen (secondary N) is 1. The van der Waals surface area contributed by atoms with Crippen LogP contribution in [0.25, 0.3) is 16.7 Å². The van der Waals surface area contributed by atoms with E-state index in [0.717, 1.165) is 17.0 Å². The number of ether oxygens (including phenoxy) is 1. The molecule has 2 aromatic carbocycles. The van der Waals surface area contributed by atoms with Gasteiger partial charge in [0.1, 0.15) is 17.0 Å². The summed E-state index contributed by atoms with van der Waals surface area (Å²) < 4.78 is 8.51. The largest absolute Gasteiger partial charge is 0.496 e. The summed E-state index contributed by atoms with van der Waals surface area (Å²) >= 11 is 0. The van der Waals surface area contributed by atoms with E-state index in [1.54, 1.807) is 18.7 Å². The molecule has 0 aliphatic heterocycles. The van der Waals surface area contributed by atoms with Crippen LogP contribution in [0.1, 0.15) is 17.8 Å². The molecule has 0 spiro atoms. The molecule has 4 aromatic rings. The first-order chi connectivity index (χ1) is 15.6. The summed E-state index contributed by atoms with van der Waals surface area (Å²) in [6, 6.07) is 17.3. The molecule has 2 aromatic heterocycles. The van der Waals surface area contributed by atoms with E-state index in [4.69, 9.17) is 4.74 Å². The Bertz CT molecular complexity index is 1290. The average Bonchev–Trinajstić information content (AvgIpc) is 3.23. The van der Waals surface area contributed by atoms with Gasteiger partial charge in [0, 0.05) is 19.5 Å². The molecule has 0 saturated heterocycles. The van der Waals surface area contributed by atoms with Gasteiger partial charge in [-0.2, -0.15) is 5.10 Å². The number of para-hydroxylation sites is 2. The van der Waals surface area contributed by atoms with Gasteiger partial charge in [0.25, 0.3) is 5.56 Å². The van der Waals surface area contributed by atoms with E-state index in [-0.39, 0.29) is 24.4 Å². The highest BCUT2D eigenvalue weighted by molar-refractivity contribution is 5.76. The van der Waals surface area contributed by atoms with Crippen LogP contribution >= 0.6 is 0 Å². The van der Waals surface area contributed by atoms with Gasteiger partial charge in [-0.25, -0.2) is 9.67 Å². The summed E-state index contributed by atoms with van der Waals surface area (Å²) in [4.78, 5) is 29.9. The van der Waals surface area contributed by atoms with Gasteiger partial charge < -0.3 is 10.1 Å².